The van der Waals surface area contributed by atoms with Gasteiger partial charge in [-0.15, -0.1) is 0 Å². The maximum Gasteiger partial charge on any atom is 0.246 e. The van der Waals surface area contributed by atoms with Crippen LogP contribution >= 0.6 is 11.6 Å². The van der Waals surface area contributed by atoms with Gasteiger partial charge in [-0.1, -0.05) is 41.9 Å². The van der Waals surface area contributed by atoms with Crippen molar-refractivity contribution >= 4 is 45.8 Å². The van der Waals surface area contributed by atoms with Gasteiger partial charge in [0.15, 0.2) is 0 Å². The average Bonchev–Trinajstić information content (AvgIpc) is 3.03. The van der Waals surface area contributed by atoms with Crippen LogP contribution in [0.1, 0.15) is 17.5 Å². The monoisotopic (exact) mass is 448 g/mol. The zero-order valence-corrected chi connectivity index (χ0v) is 18.2. The number of rotatable bonds is 3. The van der Waals surface area contributed by atoms with Crippen LogP contribution in [0.2, 0.25) is 5.02 Å². The van der Waals surface area contributed by atoms with Crippen LogP contribution in [-0.4, -0.2) is 47.7 Å². The molecule has 3 aromatic rings. The molecule has 1 N–H and O–H groups in total. The van der Waals surface area contributed by atoms with Gasteiger partial charge in [-0.05, 0) is 23.3 Å². The van der Waals surface area contributed by atoms with Crippen LogP contribution in [0.3, 0.4) is 0 Å². The van der Waals surface area contributed by atoms with Gasteiger partial charge in [0.25, 0.3) is 0 Å². The van der Waals surface area contributed by atoms with Gasteiger partial charge in [0, 0.05) is 48.5 Å². The van der Waals surface area contributed by atoms with E-state index in [1.807, 2.05) is 35.2 Å². The fraction of sp³-hybridized carbons (Fsp3) is 0.250. The Balaban J connectivity index is 1.64. The van der Waals surface area contributed by atoms with Crippen molar-refractivity contribution in [1.82, 2.24) is 15.2 Å². The van der Waals surface area contributed by atoms with E-state index in [-0.39, 0.29) is 37.2 Å². The van der Waals surface area contributed by atoms with Gasteiger partial charge in [0.2, 0.25) is 17.7 Å². The van der Waals surface area contributed by atoms with E-state index in [0.717, 1.165) is 21.9 Å². The van der Waals surface area contributed by atoms with Crippen molar-refractivity contribution in [3.8, 4) is 0 Å². The van der Waals surface area contributed by atoms with E-state index in [9.17, 15) is 14.4 Å². The second kappa shape index (κ2) is 7.69. The summed E-state index contributed by atoms with van der Waals surface area (Å²) >= 11 is 6.30. The Morgan fingerprint density at radius 3 is 2.81 bits per heavy atom. The second-order valence-corrected chi connectivity index (χ2v) is 8.73. The fourth-order valence-electron chi connectivity index (χ4n) is 4.89. The lowest BCUT2D eigenvalue weighted by molar-refractivity contribution is -0.126. The van der Waals surface area contributed by atoms with Gasteiger partial charge in [0.05, 0.1) is 23.8 Å². The average molecular weight is 449 g/mol. The first-order chi connectivity index (χ1) is 15.4. The molecule has 2 aromatic carbocycles. The number of pyridine rings is 1. The predicted molar refractivity (Wildman–Crippen MR) is 121 cm³/mol. The molecule has 1 spiro atoms. The number of nitrogens with zero attached hydrogens (tertiary/aromatic N) is 3. The third-order valence-electron chi connectivity index (χ3n) is 6.32. The molecule has 8 heteroatoms. The van der Waals surface area contributed by atoms with Crippen molar-refractivity contribution in [2.75, 3.05) is 25.0 Å². The number of anilines is 1. The Kier molecular flexibility index (Phi) is 4.95. The summed E-state index contributed by atoms with van der Waals surface area (Å²) in [6.07, 6.45) is 3.27. The summed E-state index contributed by atoms with van der Waals surface area (Å²) in [4.78, 5) is 46.8. The first-order valence-corrected chi connectivity index (χ1v) is 10.7. The summed E-state index contributed by atoms with van der Waals surface area (Å²) in [6, 6.07) is 13.0. The molecule has 1 atom stereocenters. The predicted octanol–water partition coefficient (Wildman–Crippen LogP) is 2.65. The van der Waals surface area contributed by atoms with Crippen LogP contribution in [0.4, 0.5) is 5.69 Å². The zero-order valence-electron chi connectivity index (χ0n) is 17.5. The molecule has 1 unspecified atom stereocenters. The lowest BCUT2D eigenvalue weighted by Crippen LogP contribution is -2.52. The van der Waals surface area contributed by atoms with Crippen LogP contribution in [0, 0.1) is 0 Å². The third-order valence-corrected chi connectivity index (χ3v) is 6.56. The van der Waals surface area contributed by atoms with Gasteiger partial charge in [-0.25, -0.2) is 4.90 Å². The number of carbonyl (C=O) groups is 3. The number of likely N-dealkylation sites (N-methyl/N-ethyl adjacent to an activating group) is 1. The molecule has 1 saturated heterocycles. The maximum atomic E-state index is 14.0. The molecule has 3 heterocycles. The van der Waals surface area contributed by atoms with Crippen molar-refractivity contribution in [3.63, 3.8) is 0 Å². The number of hydrogen-bond acceptors (Lipinski definition) is 5. The van der Waals surface area contributed by atoms with Crippen LogP contribution in [-0.2, 0) is 26.3 Å². The molecule has 7 nitrogen and oxygen atoms in total. The van der Waals surface area contributed by atoms with Gasteiger partial charge in [-0.3, -0.25) is 24.3 Å². The van der Waals surface area contributed by atoms with Crippen molar-refractivity contribution < 1.29 is 14.4 Å². The molecule has 3 amide bonds. The van der Waals surface area contributed by atoms with E-state index in [0.29, 0.717) is 17.3 Å². The highest BCUT2D eigenvalue weighted by Gasteiger charge is 2.56. The molecule has 0 saturated carbocycles. The molecular formula is C24H21ClN4O3. The summed E-state index contributed by atoms with van der Waals surface area (Å²) < 4.78 is 0. The standard InChI is InChI=1S/C24H21ClN4O3/c1-26-21(30)13-28-12-16-6-7-17(25)8-19(16)24(14-28)9-22(31)29(23(24)32)20-11-27-10-15-4-2-3-5-18(15)20/h2-8,10-11H,9,12-14H2,1H3,(H,26,30). The number of fused-ring (bicyclic) bond motifs is 3. The molecule has 32 heavy (non-hydrogen) atoms. The molecule has 1 fully saturated rings. The first-order valence-electron chi connectivity index (χ1n) is 10.3. The highest BCUT2D eigenvalue weighted by atomic mass is 35.5. The van der Waals surface area contributed by atoms with Gasteiger partial charge >= 0.3 is 0 Å². The lowest BCUT2D eigenvalue weighted by atomic mass is 9.73. The molecule has 0 aliphatic carbocycles. The smallest absolute Gasteiger partial charge is 0.246 e. The largest absolute Gasteiger partial charge is 0.358 e. The second-order valence-electron chi connectivity index (χ2n) is 8.29. The Morgan fingerprint density at radius 2 is 2.00 bits per heavy atom. The number of hydrogen-bond donors (Lipinski definition) is 1. The van der Waals surface area contributed by atoms with E-state index < -0.39 is 5.41 Å². The molecule has 0 radical (unpaired) electrons. The highest BCUT2D eigenvalue weighted by Crippen LogP contribution is 2.45. The first kappa shape index (κ1) is 20.6. The molecule has 2 aliphatic heterocycles. The number of amides is 3. The minimum Gasteiger partial charge on any atom is -0.358 e. The van der Waals surface area contributed by atoms with Crippen LogP contribution < -0.4 is 10.2 Å². The topological polar surface area (TPSA) is 82.6 Å². The molecule has 1 aromatic heterocycles. The van der Waals surface area contributed by atoms with E-state index in [1.54, 1.807) is 31.6 Å². The minimum atomic E-state index is -1.11. The number of nitrogens with one attached hydrogen (secondary N) is 1. The minimum absolute atomic E-state index is 0.00659. The quantitative estimate of drug-likeness (QED) is 0.623. The fourth-order valence-corrected chi connectivity index (χ4v) is 5.06. The molecule has 2 aliphatic rings. The Labute approximate surface area is 190 Å². The van der Waals surface area contributed by atoms with Crippen LogP contribution in [0.25, 0.3) is 10.8 Å². The molecule has 162 valence electrons. The van der Waals surface area contributed by atoms with E-state index in [2.05, 4.69) is 10.3 Å². The van der Waals surface area contributed by atoms with E-state index in [1.165, 1.54) is 4.90 Å². The summed E-state index contributed by atoms with van der Waals surface area (Å²) in [7, 11) is 1.58. The van der Waals surface area contributed by atoms with E-state index >= 15 is 0 Å². The SMILES string of the molecule is CNC(=O)CN1Cc2ccc(Cl)cc2C2(CC(=O)N(c3cncc4ccccc34)C2=O)C1. The summed E-state index contributed by atoms with van der Waals surface area (Å²) in [5.41, 5.74) is 1.01. The van der Waals surface area contributed by atoms with Crippen LogP contribution in [0.5, 0.6) is 0 Å². The number of carbonyl (C=O) groups excluding carboxylic acids is 3. The number of imide groups is 1. The normalized spacial score (nSPS) is 20.8. The Hall–Kier alpha value is -3.29. The zero-order chi connectivity index (χ0) is 22.5. The van der Waals surface area contributed by atoms with Gasteiger partial charge < -0.3 is 5.32 Å². The molecule has 0 bridgehead atoms. The van der Waals surface area contributed by atoms with Crippen molar-refractivity contribution in [2.24, 2.45) is 0 Å². The number of aromatic nitrogens is 1. The molecule has 5 rings (SSSR count). The third kappa shape index (κ3) is 3.16. The van der Waals surface area contributed by atoms with Gasteiger partial charge in [0.1, 0.15) is 0 Å². The van der Waals surface area contributed by atoms with Crippen LogP contribution in [0.15, 0.2) is 54.9 Å². The summed E-state index contributed by atoms with van der Waals surface area (Å²) in [5, 5.41) is 4.76. The molecular weight excluding hydrogens is 428 g/mol. The summed E-state index contributed by atoms with van der Waals surface area (Å²) in [6.45, 7) is 0.892. The highest BCUT2D eigenvalue weighted by molar-refractivity contribution is 6.31. The van der Waals surface area contributed by atoms with E-state index in [4.69, 9.17) is 11.6 Å². The number of benzene rings is 2. The Morgan fingerprint density at radius 1 is 1.19 bits per heavy atom. The van der Waals surface area contributed by atoms with Crippen molar-refractivity contribution in [3.05, 3.63) is 71.0 Å². The van der Waals surface area contributed by atoms with Crippen molar-refractivity contribution in [2.45, 2.75) is 18.4 Å². The Bertz CT molecular complexity index is 1270. The lowest BCUT2D eigenvalue weighted by Gasteiger charge is -2.40. The van der Waals surface area contributed by atoms with Gasteiger partial charge in [-0.2, -0.15) is 0 Å². The number of halogens is 1. The summed E-state index contributed by atoms with van der Waals surface area (Å²) in [5.74, 6) is -0.754. The van der Waals surface area contributed by atoms with Crippen molar-refractivity contribution in [1.29, 1.82) is 0 Å². The maximum absolute atomic E-state index is 14.0.